The van der Waals surface area contributed by atoms with E-state index in [0.29, 0.717) is 16.9 Å². The van der Waals surface area contributed by atoms with Crippen LogP contribution in [-0.4, -0.2) is 52.0 Å². The van der Waals surface area contributed by atoms with Crippen LogP contribution in [0.1, 0.15) is 49.0 Å². The van der Waals surface area contributed by atoms with Gasteiger partial charge in [0.15, 0.2) is 0 Å². The second kappa shape index (κ2) is 7.13. The van der Waals surface area contributed by atoms with Crippen LogP contribution in [0.5, 0.6) is 0 Å². The molecule has 3 aliphatic heterocycles. The Morgan fingerprint density at radius 1 is 1.13 bits per heavy atom. The number of piperidine rings is 3. The summed E-state index contributed by atoms with van der Waals surface area (Å²) >= 11 is 6.20. The van der Waals surface area contributed by atoms with Gasteiger partial charge in [-0.3, -0.25) is 9.69 Å². The molecule has 30 heavy (non-hydrogen) atoms. The van der Waals surface area contributed by atoms with Crippen molar-refractivity contribution in [3.8, 4) is 0 Å². The third kappa shape index (κ3) is 2.87. The van der Waals surface area contributed by atoms with E-state index in [-0.39, 0.29) is 11.9 Å². The SMILES string of the molecule is Cn1c(C(=O)N2CCCC3=C[C@H]4C[C@@H](CN5CCCC[C@@H]45)[C@H]32)cc2cc(Cl)ccc21. The molecule has 4 nitrogen and oxygen atoms in total. The highest BCUT2D eigenvalue weighted by Crippen LogP contribution is 2.45. The van der Waals surface area contributed by atoms with E-state index < -0.39 is 0 Å². The summed E-state index contributed by atoms with van der Waals surface area (Å²) in [6, 6.07) is 8.92. The fourth-order valence-electron chi connectivity index (χ4n) is 6.87. The van der Waals surface area contributed by atoms with Crippen LogP contribution in [-0.2, 0) is 7.05 Å². The van der Waals surface area contributed by atoms with Gasteiger partial charge in [0, 0.05) is 42.1 Å². The van der Waals surface area contributed by atoms with Gasteiger partial charge in [0.25, 0.3) is 5.91 Å². The summed E-state index contributed by atoms with van der Waals surface area (Å²) in [5.74, 6) is 1.46. The van der Waals surface area contributed by atoms with E-state index in [4.69, 9.17) is 11.6 Å². The quantitative estimate of drug-likeness (QED) is 0.612. The number of halogens is 1. The minimum Gasteiger partial charge on any atom is -0.340 e. The van der Waals surface area contributed by atoms with Crippen molar-refractivity contribution in [2.24, 2.45) is 18.9 Å². The number of hydrogen-bond acceptors (Lipinski definition) is 2. The summed E-state index contributed by atoms with van der Waals surface area (Å²) in [4.78, 5) is 18.8. The highest BCUT2D eigenvalue weighted by Gasteiger charge is 2.47. The number of benzene rings is 1. The Balaban J connectivity index is 1.36. The first kappa shape index (κ1) is 18.9. The maximum atomic E-state index is 13.8. The van der Waals surface area contributed by atoms with Crippen LogP contribution in [0.4, 0.5) is 0 Å². The fraction of sp³-hybridized carbons (Fsp3) is 0.560. The molecule has 3 saturated heterocycles. The van der Waals surface area contributed by atoms with Crippen molar-refractivity contribution in [2.75, 3.05) is 19.6 Å². The highest BCUT2D eigenvalue weighted by atomic mass is 35.5. The average Bonchev–Trinajstić information content (AvgIpc) is 3.08. The van der Waals surface area contributed by atoms with Crippen LogP contribution in [0.2, 0.25) is 5.02 Å². The number of carbonyl (C=O) groups excluding carboxylic acids is 1. The normalized spacial score (nSPS) is 31.3. The number of rotatable bonds is 1. The van der Waals surface area contributed by atoms with Gasteiger partial charge >= 0.3 is 0 Å². The van der Waals surface area contributed by atoms with Crippen LogP contribution in [0.15, 0.2) is 35.9 Å². The molecule has 3 fully saturated rings. The summed E-state index contributed by atoms with van der Waals surface area (Å²) in [5.41, 5.74) is 3.39. The first-order valence-corrected chi connectivity index (χ1v) is 12.0. The van der Waals surface area contributed by atoms with Crippen LogP contribution in [0.25, 0.3) is 10.9 Å². The third-order valence-electron chi connectivity index (χ3n) is 8.14. The zero-order valence-corrected chi connectivity index (χ0v) is 18.4. The number of hydrogen-bond donors (Lipinski definition) is 0. The molecule has 5 heteroatoms. The predicted octanol–water partition coefficient (Wildman–Crippen LogP) is 4.87. The molecule has 2 bridgehead atoms. The smallest absolute Gasteiger partial charge is 0.271 e. The number of amides is 1. The van der Waals surface area contributed by atoms with Crippen LogP contribution >= 0.6 is 11.6 Å². The van der Waals surface area contributed by atoms with Gasteiger partial charge in [-0.05, 0) is 74.8 Å². The second-order valence-electron chi connectivity index (χ2n) is 9.80. The van der Waals surface area contributed by atoms with E-state index in [1.807, 2.05) is 35.9 Å². The Bertz CT molecular complexity index is 1040. The topological polar surface area (TPSA) is 28.5 Å². The molecule has 0 saturated carbocycles. The first-order chi connectivity index (χ1) is 14.6. The average molecular weight is 424 g/mol. The molecule has 0 spiro atoms. The minimum atomic E-state index is 0.180. The van der Waals surface area contributed by atoms with E-state index in [2.05, 4.69) is 15.9 Å². The number of aromatic nitrogens is 1. The van der Waals surface area contributed by atoms with Gasteiger partial charge in [0.05, 0.1) is 6.04 Å². The molecule has 1 aromatic carbocycles. The Morgan fingerprint density at radius 3 is 2.93 bits per heavy atom. The Labute approximate surface area is 183 Å². The van der Waals surface area contributed by atoms with Gasteiger partial charge in [0.2, 0.25) is 0 Å². The number of aryl methyl sites for hydroxylation is 1. The van der Waals surface area contributed by atoms with Gasteiger partial charge in [0.1, 0.15) is 5.69 Å². The van der Waals surface area contributed by atoms with E-state index in [1.165, 1.54) is 38.6 Å². The molecule has 0 N–H and O–H groups in total. The summed E-state index contributed by atoms with van der Waals surface area (Å²) in [6.45, 7) is 3.27. The summed E-state index contributed by atoms with van der Waals surface area (Å²) in [5, 5.41) is 1.76. The third-order valence-corrected chi connectivity index (χ3v) is 8.38. The molecule has 158 valence electrons. The Morgan fingerprint density at radius 2 is 2.03 bits per heavy atom. The van der Waals surface area contributed by atoms with Gasteiger partial charge in [-0.25, -0.2) is 0 Å². The molecule has 1 aromatic heterocycles. The minimum absolute atomic E-state index is 0.180. The van der Waals surface area contributed by atoms with E-state index >= 15 is 0 Å². The molecule has 1 amide bonds. The number of nitrogens with zero attached hydrogens (tertiary/aromatic N) is 3. The van der Waals surface area contributed by atoms with Gasteiger partial charge in [-0.1, -0.05) is 29.7 Å². The van der Waals surface area contributed by atoms with E-state index in [9.17, 15) is 4.79 Å². The standard InChI is InChI=1S/C25H30ClN3O/c1-27-21-8-7-20(26)13-18(21)14-23(27)25(30)29-10-4-5-16-11-17-12-19(24(16)29)15-28-9-3-2-6-22(17)28/h7-8,11,13-14,17,19,22,24H,2-6,9-10,12,15H2,1H3/t17-,19-,22-,24-/m0/s1. The zero-order valence-electron chi connectivity index (χ0n) is 17.7. The molecule has 4 aliphatic rings. The monoisotopic (exact) mass is 423 g/mol. The summed E-state index contributed by atoms with van der Waals surface area (Å²) < 4.78 is 2.04. The molecule has 1 aliphatic carbocycles. The van der Waals surface area contributed by atoms with Gasteiger partial charge in [-0.15, -0.1) is 0 Å². The van der Waals surface area contributed by atoms with Crippen LogP contribution in [0, 0.1) is 11.8 Å². The van der Waals surface area contributed by atoms with E-state index in [1.54, 1.807) is 5.57 Å². The lowest BCUT2D eigenvalue weighted by Gasteiger charge is -2.54. The summed E-state index contributed by atoms with van der Waals surface area (Å²) in [7, 11) is 2.00. The van der Waals surface area contributed by atoms with Gasteiger partial charge in [-0.2, -0.15) is 0 Å². The number of fused-ring (bicyclic) bond motifs is 7. The van der Waals surface area contributed by atoms with Crippen molar-refractivity contribution >= 4 is 28.4 Å². The maximum absolute atomic E-state index is 13.8. The van der Waals surface area contributed by atoms with Crippen molar-refractivity contribution in [3.05, 3.63) is 46.6 Å². The number of likely N-dealkylation sites (tertiary alicyclic amines) is 1. The number of carbonyl (C=O) groups is 1. The van der Waals surface area contributed by atoms with Gasteiger partial charge < -0.3 is 9.47 Å². The maximum Gasteiger partial charge on any atom is 0.271 e. The predicted molar refractivity (Wildman–Crippen MR) is 121 cm³/mol. The largest absolute Gasteiger partial charge is 0.340 e. The van der Waals surface area contributed by atoms with Crippen molar-refractivity contribution in [1.82, 2.24) is 14.4 Å². The second-order valence-corrected chi connectivity index (χ2v) is 10.2. The van der Waals surface area contributed by atoms with Crippen LogP contribution < -0.4 is 0 Å². The van der Waals surface area contributed by atoms with Crippen molar-refractivity contribution < 1.29 is 4.79 Å². The molecular formula is C25H30ClN3O. The zero-order chi connectivity index (χ0) is 20.4. The molecule has 4 heterocycles. The molecular weight excluding hydrogens is 394 g/mol. The lowest BCUT2D eigenvalue weighted by Crippen LogP contribution is -2.60. The lowest BCUT2D eigenvalue weighted by atomic mass is 9.68. The Kier molecular flexibility index (Phi) is 4.50. The first-order valence-electron chi connectivity index (χ1n) is 11.6. The summed E-state index contributed by atoms with van der Waals surface area (Å²) in [6.07, 6.45) is 10.2. The Hall–Kier alpha value is -1.78. The fourth-order valence-corrected chi connectivity index (χ4v) is 7.05. The molecule has 0 radical (unpaired) electrons. The lowest BCUT2D eigenvalue weighted by molar-refractivity contribution is 0.00122. The van der Waals surface area contributed by atoms with E-state index in [0.717, 1.165) is 42.1 Å². The van der Waals surface area contributed by atoms with Crippen molar-refractivity contribution in [1.29, 1.82) is 0 Å². The highest BCUT2D eigenvalue weighted by molar-refractivity contribution is 6.31. The van der Waals surface area contributed by atoms with Crippen molar-refractivity contribution in [3.63, 3.8) is 0 Å². The van der Waals surface area contributed by atoms with Crippen LogP contribution in [0.3, 0.4) is 0 Å². The van der Waals surface area contributed by atoms with Crippen molar-refractivity contribution in [2.45, 2.75) is 50.6 Å². The molecule has 0 unspecified atom stereocenters. The molecule has 6 rings (SSSR count). The molecule has 2 aromatic rings. The molecule has 4 atom stereocenters.